The first-order valence-corrected chi connectivity index (χ1v) is 9.39. The van der Waals surface area contributed by atoms with Crippen LogP contribution in [0.5, 0.6) is 0 Å². The molecule has 0 radical (unpaired) electrons. The van der Waals surface area contributed by atoms with Gasteiger partial charge in [-0.25, -0.2) is 4.79 Å². The second kappa shape index (κ2) is 12.2. The van der Waals surface area contributed by atoms with Crippen LogP contribution in [-0.4, -0.2) is 42.0 Å². The molecule has 0 aliphatic rings. The molecule has 0 rings (SSSR count). The SMILES string of the molecule is C/C=C(\C)C(=O)OCCOC(=O)CCCCCOC(C)(C)[PH](=O)O. The largest absolute Gasteiger partial charge is 0.462 e. The van der Waals surface area contributed by atoms with Gasteiger partial charge in [0.25, 0.3) is 0 Å². The fourth-order valence-corrected chi connectivity index (χ4v) is 1.76. The van der Waals surface area contributed by atoms with E-state index in [2.05, 4.69) is 0 Å². The van der Waals surface area contributed by atoms with Crippen molar-refractivity contribution in [2.24, 2.45) is 0 Å². The zero-order valence-electron chi connectivity index (χ0n) is 14.9. The summed E-state index contributed by atoms with van der Waals surface area (Å²) in [7, 11) is -2.73. The summed E-state index contributed by atoms with van der Waals surface area (Å²) < 4.78 is 26.2. The Morgan fingerprint density at radius 2 is 1.71 bits per heavy atom. The highest BCUT2D eigenvalue weighted by Crippen LogP contribution is 2.35. The number of hydrogen-bond donors (Lipinski definition) is 1. The van der Waals surface area contributed by atoms with Crippen molar-refractivity contribution in [3.8, 4) is 0 Å². The van der Waals surface area contributed by atoms with Crippen LogP contribution in [0.25, 0.3) is 0 Å². The Balaban J connectivity index is 3.61. The van der Waals surface area contributed by atoms with E-state index in [4.69, 9.17) is 19.1 Å². The first kappa shape index (κ1) is 22.8. The van der Waals surface area contributed by atoms with E-state index >= 15 is 0 Å². The second-order valence-electron chi connectivity index (χ2n) is 5.80. The average Bonchev–Trinajstić information content (AvgIpc) is 2.53. The van der Waals surface area contributed by atoms with Gasteiger partial charge >= 0.3 is 11.9 Å². The van der Waals surface area contributed by atoms with Gasteiger partial charge in [-0.1, -0.05) is 12.5 Å². The smallest absolute Gasteiger partial charge is 0.333 e. The Morgan fingerprint density at radius 1 is 1.08 bits per heavy atom. The molecule has 1 atom stereocenters. The van der Waals surface area contributed by atoms with E-state index in [1.54, 1.807) is 33.8 Å². The molecule has 8 heteroatoms. The summed E-state index contributed by atoms with van der Waals surface area (Å²) >= 11 is 0. The molecule has 0 aromatic rings. The average molecular weight is 364 g/mol. The van der Waals surface area contributed by atoms with Crippen LogP contribution in [0, 0.1) is 0 Å². The fourth-order valence-electron chi connectivity index (χ4n) is 1.53. The molecule has 0 fully saturated rings. The predicted molar refractivity (Wildman–Crippen MR) is 91.1 cm³/mol. The normalized spacial score (nSPS) is 13.5. The molecule has 0 spiro atoms. The van der Waals surface area contributed by atoms with Crippen molar-refractivity contribution in [2.75, 3.05) is 19.8 Å². The van der Waals surface area contributed by atoms with Gasteiger partial charge in [-0.05, 0) is 40.5 Å². The second-order valence-corrected chi connectivity index (χ2v) is 7.62. The number of carbonyl (C=O) groups is 2. The zero-order valence-corrected chi connectivity index (χ0v) is 15.9. The van der Waals surface area contributed by atoms with Crippen molar-refractivity contribution in [3.63, 3.8) is 0 Å². The van der Waals surface area contributed by atoms with Crippen molar-refractivity contribution in [2.45, 2.75) is 58.7 Å². The van der Waals surface area contributed by atoms with Gasteiger partial charge in [0.1, 0.15) is 18.6 Å². The monoisotopic (exact) mass is 364 g/mol. The lowest BCUT2D eigenvalue weighted by atomic mass is 10.2. The number of esters is 2. The Bertz CT molecular complexity index is 457. The maximum atomic E-state index is 11.5. The minimum atomic E-state index is -2.73. The summed E-state index contributed by atoms with van der Waals surface area (Å²) in [5.74, 6) is -0.752. The van der Waals surface area contributed by atoms with Gasteiger partial charge in [0.2, 0.25) is 8.03 Å². The van der Waals surface area contributed by atoms with Gasteiger partial charge in [-0.3, -0.25) is 9.36 Å². The third kappa shape index (κ3) is 10.6. The van der Waals surface area contributed by atoms with Gasteiger partial charge in [0.05, 0.1) is 0 Å². The molecular formula is C16H29O7P. The van der Waals surface area contributed by atoms with E-state index in [1.165, 1.54) is 0 Å². The number of rotatable bonds is 12. The zero-order chi connectivity index (χ0) is 18.6. The molecular weight excluding hydrogens is 335 g/mol. The summed E-state index contributed by atoms with van der Waals surface area (Å²) in [6.45, 7) is 7.01. The lowest BCUT2D eigenvalue weighted by molar-refractivity contribution is -0.150. The Kier molecular flexibility index (Phi) is 11.6. The standard InChI is InChI=1S/C16H29O7P/c1-5-13(2)15(18)22-12-11-21-14(17)9-7-6-8-10-23-16(3,4)24(19)20/h5,24H,6-12H2,1-4H3,(H,19,20)/b13-5+. The van der Waals surface area contributed by atoms with Crippen molar-refractivity contribution < 1.29 is 33.3 Å². The molecule has 7 nitrogen and oxygen atoms in total. The van der Waals surface area contributed by atoms with Crippen LogP contribution in [0.3, 0.4) is 0 Å². The topological polar surface area (TPSA) is 99.1 Å². The van der Waals surface area contributed by atoms with Gasteiger partial charge in [-0.2, -0.15) is 0 Å². The molecule has 24 heavy (non-hydrogen) atoms. The number of ether oxygens (including phenoxy) is 3. The third-order valence-electron chi connectivity index (χ3n) is 3.34. The quantitative estimate of drug-likeness (QED) is 0.246. The van der Waals surface area contributed by atoms with Crippen LogP contribution in [0.1, 0.15) is 53.4 Å². The fraction of sp³-hybridized carbons (Fsp3) is 0.750. The summed E-state index contributed by atoms with van der Waals surface area (Å²) in [4.78, 5) is 31.9. The molecule has 0 saturated heterocycles. The first-order valence-electron chi connectivity index (χ1n) is 8.03. The van der Waals surface area contributed by atoms with E-state index in [-0.39, 0.29) is 25.6 Å². The summed E-state index contributed by atoms with van der Waals surface area (Å²) in [6.07, 6.45) is 4.04. The molecule has 1 unspecified atom stereocenters. The number of carbonyl (C=O) groups excluding carboxylic acids is 2. The molecule has 0 heterocycles. The van der Waals surface area contributed by atoms with Crippen LogP contribution < -0.4 is 0 Å². The van der Waals surface area contributed by atoms with E-state index in [0.29, 0.717) is 25.0 Å². The third-order valence-corrected chi connectivity index (χ3v) is 4.51. The van der Waals surface area contributed by atoms with Crippen molar-refractivity contribution in [1.29, 1.82) is 0 Å². The molecule has 0 aliphatic carbocycles. The highest BCUT2D eigenvalue weighted by molar-refractivity contribution is 7.39. The number of unbranched alkanes of at least 4 members (excludes halogenated alkanes) is 2. The molecule has 140 valence electrons. The maximum Gasteiger partial charge on any atom is 0.333 e. The van der Waals surface area contributed by atoms with Crippen molar-refractivity contribution in [1.82, 2.24) is 0 Å². The van der Waals surface area contributed by atoms with Crippen LogP contribution in [0.2, 0.25) is 0 Å². The van der Waals surface area contributed by atoms with Crippen LogP contribution in [0.4, 0.5) is 0 Å². The van der Waals surface area contributed by atoms with Crippen LogP contribution in [-0.2, 0) is 28.4 Å². The highest BCUT2D eigenvalue weighted by atomic mass is 31.1. The molecule has 0 amide bonds. The first-order chi connectivity index (χ1) is 11.2. The molecule has 0 bridgehead atoms. The lowest BCUT2D eigenvalue weighted by Gasteiger charge is -2.21. The van der Waals surface area contributed by atoms with E-state index < -0.39 is 19.3 Å². The van der Waals surface area contributed by atoms with Gasteiger partial charge in [0, 0.05) is 18.6 Å². The minimum absolute atomic E-state index is 0.0407. The van der Waals surface area contributed by atoms with Crippen molar-refractivity contribution in [3.05, 3.63) is 11.6 Å². The highest BCUT2D eigenvalue weighted by Gasteiger charge is 2.24. The van der Waals surface area contributed by atoms with E-state index in [9.17, 15) is 14.2 Å². The molecule has 0 saturated carbocycles. The Hall–Kier alpha value is -1.17. The minimum Gasteiger partial charge on any atom is -0.462 e. The molecule has 0 aromatic carbocycles. The van der Waals surface area contributed by atoms with Gasteiger partial charge in [-0.15, -0.1) is 0 Å². The summed E-state index contributed by atoms with van der Waals surface area (Å²) in [6, 6.07) is 0. The van der Waals surface area contributed by atoms with Gasteiger partial charge < -0.3 is 19.1 Å². The Morgan fingerprint density at radius 3 is 2.29 bits per heavy atom. The molecule has 0 aliphatic heterocycles. The van der Waals surface area contributed by atoms with Crippen LogP contribution in [0.15, 0.2) is 11.6 Å². The summed E-state index contributed by atoms with van der Waals surface area (Å²) in [5.41, 5.74) is 0.512. The molecule has 1 N–H and O–H groups in total. The molecule has 0 aromatic heterocycles. The Labute approximate surface area is 144 Å². The summed E-state index contributed by atoms with van der Waals surface area (Å²) in [5, 5.41) is -1.01. The van der Waals surface area contributed by atoms with Gasteiger partial charge in [0.15, 0.2) is 0 Å². The lowest BCUT2D eigenvalue weighted by Crippen LogP contribution is -2.20. The predicted octanol–water partition coefficient (Wildman–Crippen LogP) is 2.82. The van der Waals surface area contributed by atoms with Crippen LogP contribution >= 0.6 is 8.03 Å². The number of hydrogen-bond acceptors (Lipinski definition) is 6. The van der Waals surface area contributed by atoms with E-state index in [1.807, 2.05) is 0 Å². The van der Waals surface area contributed by atoms with Crippen molar-refractivity contribution >= 4 is 20.0 Å². The maximum absolute atomic E-state index is 11.5. The number of allylic oxidation sites excluding steroid dienone is 1. The van der Waals surface area contributed by atoms with E-state index in [0.717, 1.165) is 6.42 Å².